The lowest BCUT2D eigenvalue weighted by Gasteiger charge is -2.04. The van der Waals surface area contributed by atoms with Gasteiger partial charge < -0.3 is 10.4 Å². The van der Waals surface area contributed by atoms with Crippen LogP contribution in [0.5, 0.6) is 0 Å². The first-order valence-electron chi connectivity index (χ1n) is 5.01. The summed E-state index contributed by atoms with van der Waals surface area (Å²) in [4.78, 5) is 4.12. The molecule has 0 bridgehead atoms. The molecule has 2 rings (SSSR count). The number of aliphatic hydroxyl groups is 1. The molecule has 16 heavy (non-hydrogen) atoms. The van der Waals surface area contributed by atoms with Crippen molar-refractivity contribution in [2.45, 2.75) is 6.42 Å². The van der Waals surface area contributed by atoms with Crippen LogP contribution >= 0.6 is 0 Å². The molecular weight excluding hydrogens is 204 g/mol. The highest BCUT2D eigenvalue weighted by Crippen LogP contribution is 2.08. The summed E-state index contributed by atoms with van der Waals surface area (Å²) in [6.45, 7) is 0.838. The third-order valence-electron chi connectivity index (χ3n) is 2.15. The van der Waals surface area contributed by atoms with Gasteiger partial charge in [0.25, 0.3) is 0 Å². The second-order valence-corrected chi connectivity index (χ2v) is 3.28. The second kappa shape index (κ2) is 4.64. The Labute approximate surface area is 93.1 Å². The van der Waals surface area contributed by atoms with E-state index in [2.05, 4.69) is 21.3 Å². The number of anilines is 1. The minimum absolute atomic E-state index is 0.163. The molecule has 0 radical (unpaired) electrons. The summed E-state index contributed by atoms with van der Waals surface area (Å²) in [5, 5.41) is 16.1. The molecule has 0 saturated heterocycles. The fraction of sp³-hybridized carbons (Fsp3) is 0.273. The molecule has 0 aliphatic carbocycles. The lowest BCUT2D eigenvalue weighted by atomic mass is 10.4. The monoisotopic (exact) mass is 216 g/mol. The molecule has 5 nitrogen and oxygen atoms in total. The molecule has 0 fully saturated rings. The van der Waals surface area contributed by atoms with Crippen LogP contribution in [0.1, 0.15) is 12.1 Å². The van der Waals surface area contributed by atoms with Crippen LogP contribution in [0, 0.1) is 12.3 Å². The average molecular weight is 216 g/mol. The highest BCUT2D eigenvalue weighted by Gasteiger charge is 2.02. The number of rotatable bonds is 4. The minimum atomic E-state index is 0.163. The third-order valence-corrected chi connectivity index (χ3v) is 2.15. The molecule has 2 N–H and O–H groups in total. The van der Waals surface area contributed by atoms with Gasteiger partial charge in [0.2, 0.25) is 0 Å². The third kappa shape index (κ3) is 1.97. The quantitative estimate of drug-likeness (QED) is 0.577. The zero-order chi connectivity index (χ0) is 11.4. The SMILES string of the molecule is C#Cc1cnc2ccc(NCCCO)nn12. The number of terminal acetylenes is 1. The van der Waals surface area contributed by atoms with Crippen LogP contribution in [0.2, 0.25) is 0 Å². The van der Waals surface area contributed by atoms with Gasteiger partial charge >= 0.3 is 0 Å². The maximum Gasteiger partial charge on any atom is 0.155 e. The van der Waals surface area contributed by atoms with E-state index in [1.54, 1.807) is 10.7 Å². The molecular formula is C11H12N4O. The number of hydrogen-bond donors (Lipinski definition) is 2. The van der Waals surface area contributed by atoms with Crippen molar-refractivity contribution in [3.05, 3.63) is 24.0 Å². The molecule has 0 amide bonds. The van der Waals surface area contributed by atoms with Crippen molar-refractivity contribution in [2.24, 2.45) is 0 Å². The topological polar surface area (TPSA) is 62.5 Å². The van der Waals surface area contributed by atoms with Gasteiger partial charge in [-0.3, -0.25) is 0 Å². The number of imidazole rings is 1. The molecule has 0 aliphatic heterocycles. The molecule has 2 aromatic heterocycles. The van der Waals surface area contributed by atoms with Gasteiger partial charge in [0, 0.05) is 13.2 Å². The molecule has 0 aliphatic rings. The molecule has 82 valence electrons. The van der Waals surface area contributed by atoms with Crippen molar-refractivity contribution < 1.29 is 5.11 Å². The molecule has 0 atom stereocenters. The number of aromatic nitrogens is 3. The summed E-state index contributed by atoms with van der Waals surface area (Å²) >= 11 is 0. The van der Waals surface area contributed by atoms with E-state index in [0.717, 1.165) is 11.5 Å². The Balaban J connectivity index is 2.25. The first-order chi connectivity index (χ1) is 7.85. The molecule has 2 aromatic rings. The van der Waals surface area contributed by atoms with E-state index >= 15 is 0 Å². The maximum atomic E-state index is 8.66. The lowest BCUT2D eigenvalue weighted by molar-refractivity contribution is 0.292. The Kier molecular flexibility index (Phi) is 3.03. The van der Waals surface area contributed by atoms with Crippen LogP contribution in [-0.4, -0.2) is 32.9 Å². The first kappa shape index (κ1) is 10.5. The van der Waals surface area contributed by atoms with Crippen LogP contribution in [0.3, 0.4) is 0 Å². The predicted molar refractivity (Wildman–Crippen MR) is 61.1 cm³/mol. The normalized spacial score (nSPS) is 10.2. The van der Waals surface area contributed by atoms with Crippen LogP contribution in [0.4, 0.5) is 5.82 Å². The Morgan fingerprint density at radius 2 is 2.38 bits per heavy atom. The number of aliphatic hydroxyl groups excluding tert-OH is 1. The molecule has 5 heteroatoms. The average Bonchev–Trinajstić information content (AvgIpc) is 2.71. The van der Waals surface area contributed by atoms with Gasteiger partial charge in [-0.25, -0.2) is 9.50 Å². The second-order valence-electron chi connectivity index (χ2n) is 3.28. The van der Waals surface area contributed by atoms with Gasteiger partial charge in [0.05, 0.1) is 6.20 Å². The number of hydrogen-bond acceptors (Lipinski definition) is 4. The van der Waals surface area contributed by atoms with Crippen LogP contribution in [0.15, 0.2) is 18.3 Å². The molecule has 2 heterocycles. The Bertz CT molecular complexity index is 526. The van der Waals surface area contributed by atoms with E-state index < -0.39 is 0 Å². The fourth-order valence-electron chi connectivity index (χ4n) is 1.36. The highest BCUT2D eigenvalue weighted by atomic mass is 16.3. The summed E-state index contributed by atoms with van der Waals surface area (Å²) in [5.74, 6) is 3.23. The van der Waals surface area contributed by atoms with E-state index in [1.165, 1.54) is 0 Å². The number of nitrogens with one attached hydrogen (secondary N) is 1. The Morgan fingerprint density at radius 1 is 1.50 bits per heavy atom. The van der Waals surface area contributed by atoms with Crippen molar-refractivity contribution >= 4 is 11.5 Å². The number of fused-ring (bicyclic) bond motifs is 1. The molecule has 0 spiro atoms. The first-order valence-corrected chi connectivity index (χ1v) is 5.01. The van der Waals surface area contributed by atoms with Crippen molar-refractivity contribution in [1.82, 2.24) is 14.6 Å². The molecule has 0 unspecified atom stereocenters. The van der Waals surface area contributed by atoms with Crippen molar-refractivity contribution in [1.29, 1.82) is 0 Å². The smallest absolute Gasteiger partial charge is 0.155 e. The minimum Gasteiger partial charge on any atom is -0.396 e. The predicted octanol–water partition coefficient (Wildman–Crippen LogP) is 0.505. The Morgan fingerprint density at radius 3 is 3.12 bits per heavy atom. The Hall–Kier alpha value is -2.06. The maximum absolute atomic E-state index is 8.66. The van der Waals surface area contributed by atoms with E-state index in [0.29, 0.717) is 18.7 Å². The molecule has 0 saturated carbocycles. The standard InChI is InChI=1S/C11H12N4O/c1-2-9-8-13-11-5-4-10(14-15(9)11)12-6-3-7-16/h1,4-5,8,16H,3,6-7H2,(H,12,14). The summed E-state index contributed by atoms with van der Waals surface area (Å²) < 4.78 is 1.61. The van der Waals surface area contributed by atoms with E-state index in [-0.39, 0.29) is 6.61 Å². The van der Waals surface area contributed by atoms with Gasteiger partial charge in [-0.15, -0.1) is 11.5 Å². The molecule has 0 aromatic carbocycles. The van der Waals surface area contributed by atoms with E-state index in [4.69, 9.17) is 11.5 Å². The van der Waals surface area contributed by atoms with Crippen molar-refractivity contribution in [3.8, 4) is 12.3 Å². The zero-order valence-corrected chi connectivity index (χ0v) is 8.72. The van der Waals surface area contributed by atoms with Gasteiger partial charge in [-0.1, -0.05) is 0 Å². The van der Waals surface area contributed by atoms with Crippen molar-refractivity contribution in [3.63, 3.8) is 0 Å². The van der Waals surface area contributed by atoms with E-state index in [9.17, 15) is 0 Å². The summed E-state index contributed by atoms with van der Waals surface area (Å²) in [6.07, 6.45) is 7.62. The van der Waals surface area contributed by atoms with Gasteiger partial charge in [0.1, 0.15) is 11.5 Å². The van der Waals surface area contributed by atoms with Crippen molar-refractivity contribution in [2.75, 3.05) is 18.5 Å². The summed E-state index contributed by atoms with van der Waals surface area (Å²) in [5.41, 5.74) is 1.35. The van der Waals surface area contributed by atoms with Crippen LogP contribution in [-0.2, 0) is 0 Å². The van der Waals surface area contributed by atoms with E-state index in [1.807, 2.05) is 12.1 Å². The fourth-order valence-corrected chi connectivity index (χ4v) is 1.36. The summed E-state index contributed by atoms with van der Waals surface area (Å²) in [6, 6.07) is 3.68. The summed E-state index contributed by atoms with van der Waals surface area (Å²) in [7, 11) is 0. The lowest BCUT2D eigenvalue weighted by Crippen LogP contribution is -2.07. The zero-order valence-electron chi connectivity index (χ0n) is 8.72. The van der Waals surface area contributed by atoms with Crippen LogP contribution in [0.25, 0.3) is 5.65 Å². The number of nitrogens with zero attached hydrogens (tertiary/aromatic N) is 3. The largest absolute Gasteiger partial charge is 0.396 e. The van der Waals surface area contributed by atoms with Crippen LogP contribution < -0.4 is 5.32 Å². The van der Waals surface area contributed by atoms with Gasteiger partial charge in [-0.2, -0.15) is 0 Å². The highest BCUT2D eigenvalue weighted by molar-refractivity contribution is 5.47. The van der Waals surface area contributed by atoms with Gasteiger partial charge in [0.15, 0.2) is 5.65 Å². The van der Waals surface area contributed by atoms with Gasteiger partial charge in [-0.05, 0) is 24.5 Å².